The first-order valence-electron chi connectivity index (χ1n) is 13.8. The van der Waals surface area contributed by atoms with Crippen LogP contribution in [-0.4, -0.2) is 34.9 Å². The van der Waals surface area contributed by atoms with Gasteiger partial charge in [0, 0.05) is 6.42 Å². The normalized spacial score (nSPS) is 12.3. The number of nitrogens with zero attached hydrogens (tertiary/aromatic N) is 1. The van der Waals surface area contributed by atoms with Crippen molar-refractivity contribution in [3.8, 4) is 0 Å². The smallest absolute Gasteiger partial charge is 0.408 e. The van der Waals surface area contributed by atoms with Crippen LogP contribution in [0.5, 0.6) is 0 Å². The van der Waals surface area contributed by atoms with Gasteiger partial charge < -0.3 is 19.8 Å². The number of carbonyl (C=O) groups excluding carboxylic acids is 3. The van der Waals surface area contributed by atoms with Crippen LogP contribution in [0.3, 0.4) is 0 Å². The third-order valence-corrected chi connectivity index (χ3v) is 6.81. The van der Waals surface area contributed by atoms with E-state index in [1.165, 1.54) is 0 Å². The first-order chi connectivity index (χ1) is 20.5. The molecule has 2 amide bonds. The Hall–Kier alpha value is -5.24. The van der Waals surface area contributed by atoms with Crippen molar-refractivity contribution in [1.29, 1.82) is 0 Å². The van der Waals surface area contributed by atoms with E-state index in [1.54, 1.807) is 18.2 Å². The van der Waals surface area contributed by atoms with E-state index in [0.29, 0.717) is 23.9 Å². The summed E-state index contributed by atoms with van der Waals surface area (Å²) in [6.07, 6.45) is 0.314. The molecule has 0 spiro atoms. The van der Waals surface area contributed by atoms with Crippen molar-refractivity contribution < 1.29 is 23.5 Å². The van der Waals surface area contributed by atoms with Gasteiger partial charge in [-0.25, -0.2) is 9.78 Å². The largest absolute Gasteiger partial charge is 0.445 e. The van der Waals surface area contributed by atoms with E-state index in [0.717, 1.165) is 16.7 Å². The minimum atomic E-state index is -0.994. The van der Waals surface area contributed by atoms with Crippen LogP contribution < -0.4 is 10.6 Å². The van der Waals surface area contributed by atoms with Crippen LogP contribution in [0.25, 0.3) is 11.1 Å². The molecule has 0 saturated carbocycles. The maximum atomic E-state index is 13.7. The molecule has 2 atom stereocenters. The summed E-state index contributed by atoms with van der Waals surface area (Å²) in [5.74, 6) is -1.04. The van der Waals surface area contributed by atoms with Gasteiger partial charge in [0.1, 0.15) is 18.2 Å². The predicted octanol–water partition coefficient (Wildman–Crippen LogP) is 5.67. The van der Waals surface area contributed by atoms with E-state index < -0.39 is 29.9 Å². The molecule has 0 radical (unpaired) electrons. The maximum absolute atomic E-state index is 13.7. The molecule has 0 aliphatic heterocycles. The molecule has 5 rings (SSSR count). The van der Waals surface area contributed by atoms with Crippen molar-refractivity contribution in [2.24, 2.45) is 0 Å². The summed E-state index contributed by atoms with van der Waals surface area (Å²) < 4.78 is 11.1. The van der Waals surface area contributed by atoms with Gasteiger partial charge in [-0.05, 0) is 41.7 Å². The van der Waals surface area contributed by atoms with Crippen molar-refractivity contribution >= 4 is 28.9 Å². The molecule has 8 heteroatoms. The highest BCUT2D eigenvalue weighted by atomic mass is 16.5. The molecular formula is C34H31N3O5. The minimum Gasteiger partial charge on any atom is -0.445 e. The van der Waals surface area contributed by atoms with Gasteiger partial charge in [0.05, 0.1) is 6.04 Å². The molecule has 0 aliphatic carbocycles. The van der Waals surface area contributed by atoms with Gasteiger partial charge in [0.15, 0.2) is 5.58 Å². The van der Waals surface area contributed by atoms with E-state index in [9.17, 15) is 14.4 Å². The summed E-state index contributed by atoms with van der Waals surface area (Å²) in [4.78, 5) is 44.5. The number of benzene rings is 4. The lowest BCUT2D eigenvalue weighted by Gasteiger charge is -2.22. The van der Waals surface area contributed by atoms with Crippen LogP contribution in [0.2, 0.25) is 0 Å². The molecule has 2 N–H and O–H groups in total. The van der Waals surface area contributed by atoms with Crippen LogP contribution in [0.1, 0.15) is 33.8 Å². The summed E-state index contributed by atoms with van der Waals surface area (Å²) in [6.45, 7) is 0.0578. The number of aromatic nitrogens is 1. The Balaban J connectivity index is 1.34. The second kappa shape index (κ2) is 13.9. The van der Waals surface area contributed by atoms with Crippen LogP contribution >= 0.6 is 0 Å². The average Bonchev–Trinajstić information content (AvgIpc) is 3.47. The molecule has 212 valence electrons. The fourth-order valence-corrected chi connectivity index (χ4v) is 4.59. The number of nitrogens with one attached hydrogen (secondary N) is 2. The number of ether oxygens (including phenoxy) is 1. The first-order valence-corrected chi connectivity index (χ1v) is 13.8. The summed E-state index contributed by atoms with van der Waals surface area (Å²) in [5, 5.41) is 5.56. The number of aryl methyl sites for hydroxylation is 1. The maximum Gasteiger partial charge on any atom is 0.408 e. The number of hydrogen-bond donors (Lipinski definition) is 2. The van der Waals surface area contributed by atoms with Gasteiger partial charge >= 0.3 is 6.09 Å². The molecule has 1 unspecified atom stereocenters. The van der Waals surface area contributed by atoms with Crippen molar-refractivity contribution in [3.63, 3.8) is 0 Å². The van der Waals surface area contributed by atoms with Gasteiger partial charge in [-0.1, -0.05) is 103 Å². The topological polar surface area (TPSA) is 111 Å². The van der Waals surface area contributed by atoms with Crippen molar-refractivity contribution in [2.45, 2.75) is 38.0 Å². The van der Waals surface area contributed by atoms with Gasteiger partial charge in [-0.3, -0.25) is 9.59 Å². The van der Waals surface area contributed by atoms with Crippen molar-refractivity contribution in [1.82, 2.24) is 15.6 Å². The average molecular weight is 562 g/mol. The molecule has 0 aliphatic rings. The van der Waals surface area contributed by atoms with Crippen LogP contribution in [0, 0.1) is 0 Å². The number of Topliss-reactive ketones (excluding diaryl/α,β-unsaturated/α-hetero) is 1. The Kier molecular flexibility index (Phi) is 9.36. The van der Waals surface area contributed by atoms with Gasteiger partial charge in [0.2, 0.25) is 11.7 Å². The Labute approximate surface area is 243 Å². The van der Waals surface area contributed by atoms with Crippen molar-refractivity contribution in [2.75, 3.05) is 0 Å². The lowest BCUT2D eigenvalue weighted by Crippen LogP contribution is -2.52. The number of hydrogen-bond acceptors (Lipinski definition) is 6. The Morgan fingerprint density at radius 3 is 1.95 bits per heavy atom. The highest BCUT2D eigenvalue weighted by Gasteiger charge is 2.30. The van der Waals surface area contributed by atoms with Gasteiger partial charge in [-0.15, -0.1) is 0 Å². The highest BCUT2D eigenvalue weighted by Crippen LogP contribution is 2.18. The lowest BCUT2D eigenvalue weighted by atomic mass is 10.0. The molecule has 5 aromatic rings. The van der Waals surface area contributed by atoms with Crippen LogP contribution in [-0.2, 0) is 29.0 Å². The molecule has 1 heterocycles. The van der Waals surface area contributed by atoms with E-state index in [-0.39, 0.29) is 18.9 Å². The second-order valence-corrected chi connectivity index (χ2v) is 9.88. The van der Waals surface area contributed by atoms with Crippen LogP contribution in [0.15, 0.2) is 120 Å². The predicted molar refractivity (Wildman–Crippen MR) is 159 cm³/mol. The molecule has 0 saturated heterocycles. The van der Waals surface area contributed by atoms with E-state index in [4.69, 9.17) is 9.15 Å². The number of rotatable bonds is 12. The fourth-order valence-electron chi connectivity index (χ4n) is 4.59. The molecule has 42 heavy (non-hydrogen) atoms. The Morgan fingerprint density at radius 2 is 1.29 bits per heavy atom. The number of amides is 2. The molecule has 4 aromatic carbocycles. The molecule has 8 nitrogen and oxygen atoms in total. The van der Waals surface area contributed by atoms with Gasteiger partial charge in [-0.2, -0.15) is 0 Å². The number of fused-ring (bicyclic) bond motifs is 1. The van der Waals surface area contributed by atoms with Gasteiger partial charge in [0.25, 0.3) is 5.89 Å². The van der Waals surface area contributed by atoms with E-state index >= 15 is 0 Å². The molecule has 0 bridgehead atoms. The number of ketones is 1. The summed E-state index contributed by atoms with van der Waals surface area (Å²) in [6, 6.07) is 33.5. The van der Waals surface area contributed by atoms with E-state index in [2.05, 4.69) is 15.6 Å². The number of carbonyl (C=O) groups is 3. The Morgan fingerprint density at radius 1 is 0.690 bits per heavy atom. The SMILES string of the molecule is O=C(N[C@@H](Cc1ccccc1)C(=O)NC(CCc1ccccc1)C(=O)c1nc2ccccc2o1)OCc1ccccc1. The Bertz CT molecular complexity index is 1590. The van der Waals surface area contributed by atoms with E-state index in [1.807, 2.05) is 97.1 Å². The lowest BCUT2D eigenvalue weighted by molar-refractivity contribution is -0.123. The number of para-hydroxylation sites is 2. The van der Waals surface area contributed by atoms with Crippen molar-refractivity contribution in [3.05, 3.63) is 138 Å². The summed E-state index contributed by atoms with van der Waals surface area (Å²) in [5.41, 5.74) is 3.72. The fraction of sp³-hybridized carbons (Fsp3) is 0.176. The third kappa shape index (κ3) is 7.69. The monoisotopic (exact) mass is 561 g/mol. The molecular weight excluding hydrogens is 530 g/mol. The quantitative estimate of drug-likeness (QED) is 0.190. The molecule has 1 aromatic heterocycles. The second-order valence-electron chi connectivity index (χ2n) is 9.88. The first kappa shape index (κ1) is 28.3. The minimum absolute atomic E-state index is 0.0578. The summed E-state index contributed by atoms with van der Waals surface area (Å²) in [7, 11) is 0. The number of oxazole rings is 1. The van der Waals surface area contributed by atoms with Crippen LogP contribution in [0.4, 0.5) is 4.79 Å². The zero-order valence-corrected chi connectivity index (χ0v) is 22.9. The third-order valence-electron chi connectivity index (χ3n) is 6.81. The zero-order chi connectivity index (χ0) is 29.1. The standard InChI is InChI=1S/C34H31N3O5/c38-31(33-36-27-18-10-11-19-30(27)42-33)28(21-20-24-12-4-1-5-13-24)35-32(39)29(22-25-14-6-2-7-15-25)37-34(40)41-23-26-16-8-3-9-17-26/h1-19,28-29H,20-23H2,(H,35,39)(H,37,40)/t28?,29-/m0/s1. The summed E-state index contributed by atoms with van der Waals surface area (Å²) >= 11 is 0. The zero-order valence-electron chi connectivity index (χ0n) is 22.9. The molecule has 0 fully saturated rings. The highest BCUT2D eigenvalue weighted by molar-refractivity contribution is 6.00. The number of alkyl carbamates (subject to hydrolysis) is 1.